The molecular weight excluding hydrogens is 685 g/mol. The van der Waals surface area contributed by atoms with Crippen LogP contribution in [0.5, 0.6) is 0 Å². The van der Waals surface area contributed by atoms with E-state index in [2.05, 4.69) is 135 Å². The van der Waals surface area contributed by atoms with Crippen molar-refractivity contribution < 1.29 is 4.42 Å². The van der Waals surface area contributed by atoms with Crippen LogP contribution in [0.3, 0.4) is 0 Å². The predicted octanol–water partition coefficient (Wildman–Crippen LogP) is 13.0. The van der Waals surface area contributed by atoms with Gasteiger partial charge in [-0.2, -0.15) is 0 Å². The van der Waals surface area contributed by atoms with Crippen LogP contribution in [0.4, 0.5) is 0 Å². The van der Waals surface area contributed by atoms with Crippen molar-refractivity contribution >= 4 is 32.8 Å². The Kier molecular flexibility index (Phi) is 7.13. The molecule has 0 amide bonds. The van der Waals surface area contributed by atoms with E-state index < -0.39 is 0 Å². The van der Waals surface area contributed by atoms with Crippen LogP contribution in [0.15, 0.2) is 174 Å². The second kappa shape index (κ2) is 12.4. The zero-order valence-electron chi connectivity index (χ0n) is 30.9. The van der Waals surface area contributed by atoms with Gasteiger partial charge < -0.3 is 4.42 Å². The number of aromatic nitrogens is 4. The van der Waals surface area contributed by atoms with Gasteiger partial charge in [0.2, 0.25) is 0 Å². The Balaban J connectivity index is 1.01. The minimum atomic E-state index is -0.0782. The van der Waals surface area contributed by atoms with Gasteiger partial charge >= 0.3 is 0 Å². The van der Waals surface area contributed by atoms with E-state index in [1.807, 2.05) is 48.5 Å². The molecule has 0 N–H and O–H groups in total. The largest absolute Gasteiger partial charge is 0.454 e. The molecule has 0 spiro atoms. The summed E-state index contributed by atoms with van der Waals surface area (Å²) in [6, 6.07) is 59.0. The summed E-state index contributed by atoms with van der Waals surface area (Å²) in [6.45, 7) is 4.64. The zero-order chi connectivity index (χ0) is 37.4. The van der Waals surface area contributed by atoms with Crippen LogP contribution >= 0.6 is 0 Å². The highest BCUT2D eigenvalue weighted by Crippen LogP contribution is 2.49. The van der Waals surface area contributed by atoms with E-state index in [4.69, 9.17) is 24.4 Å². The summed E-state index contributed by atoms with van der Waals surface area (Å²) in [4.78, 5) is 20.3. The first kappa shape index (κ1) is 32.2. The fourth-order valence-electron chi connectivity index (χ4n) is 8.48. The molecule has 7 aromatic carbocycles. The lowest BCUT2D eigenvalue weighted by Gasteiger charge is -2.22. The average Bonchev–Trinajstić information content (AvgIpc) is 3.76. The van der Waals surface area contributed by atoms with Gasteiger partial charge in [-0.15, -0.1) is 0 Å². The molecule has 56 heavy (non-hydrogen) atoms. The monoisotopic (exact) mass is 718 g/mol. The molecule has 264 valence electrons. The highest BCUT2D eigenvalue weighted by molar-refractivity contribution is 6.20. The van der Waals surface area contributed by atoms with Gasteiger partial charge in [-0.1, -0.05) is 159 Å². The van der Waals surface area contributed by atoms with Gasteiger partial charge in [0.1, 0.15) is 11.3 Å². The summed E-state index contributed by atoms with van der Waals surface area (Å²) in [7, 11) is 0. The first-order valence-corrected chi connectivity index (χ1v) is 19.0. The van der Waals surface area contributed by atoms with Crippen molar-refractivity contribution in [3.63, 3.8) is 0 Å². The lowest BCUT2D eigenvalue weighted by molar-refractivity contribution is 0.660. The van der Waals surface area contributed by atoms with Crippen LogP contribution in [0, 0.1) is 0 Å². The molecule has 0 fully saturated rings. The highest BCUT2D eigenvalue weighted by Gasteiger charge is 2.35. The number of furan rings is 1. The molecule has 1 aliphatic rings. The topological polar surface area (TPSA) is 64.7 Å². The second-order valence-electron chi connectivity index (χ2n) is 15.0. The van der Waals surface area contributed by atoms with Crippen LogP contribution in [0.2, 0.25) is 0 Å². The third-order valence-corrected chi connectivity index (χ3v) is 11.3. The van der Waals surface area contributed by atoms with E-state index in [0.29, 0.717) is 17.5 Å². The predicted molar refractivity (Wildman–Crippen MR) is 227 cm³/mol. The van der Waals surface area contributed by atoms with Crippen molar-refractivity contribution in [2.24, 2.45) is 0 Å². The Morgan fingerprint density at radius 2 is 0.982 bits per heavy atom. The van der Waals surface area contributed by atoms with Gasteiger partial charge in [0.05, 0.1) is 5.52 Å². The summed E-state index contributed by atoms with van der Waals surface area (Å²) in [5, 5.41) is 3.24. The number of rotatable bonds is 5. The van der Waals surface area contributed by atoms with E-state index in [-0.39, 0.29) is 5.41 Å². The molecule has 0 unspecified atom stereocenters. The number of nitrogens with zero attached hydrogens (tertiary/aromatic N) is 4. The molecule has 5 heteroatoms. The molecule has 5 nitrogen and oxygen atoms in total. The number of hydrogen-bond acceptors (Lipinski definition) is 5. The maximum absolute atomic E-state index is 6.48. The molecule has 10 aromatic rings. The standard InChI is InChI=1S/C51H34N4O/c1-51(2)41-20-9-6-17-37(41)38-28-27-35(30-42(38)51)34-15-12-16-36(29-34)50-54-48(32-13-4-3-5-14-32)53-49(55-50)33-25-23-31(24-26-33)46-47-45(39-18-7-10-21-43(39)52-46)40-19-8-11-22-44(40)56-47/h3-30H,1-2H3. The maximum Gasteiger partial charge on any atom is 0.164 e. The van der Waals surface area contributed by atoms with E-state index in [1.165, 1.54) is 27.8 Å². The first-order valence-electron chi connectivity index (χ1n) is 19.0. The lowest BCUT2D eigenvalue weighted by Crippen LogP contribution is -2.14. The molecule has 11 rings (SSSR count). The highest BCUT2D eigenvalue weighted by atomic mass is 16.3. The Bertz CT molecular complexity index is 3160. The Labute approximate surface area is 324 Å². The lowest BCUT2D eigenvalue weighted by atomic mass is 9.81. The van der Waals surface area contributed by atoms with Crippen LogP contribution in [0.25, 0.3) is 101 Å². The van der Waals surface area contributed by atoms with Gasteiger partial charge in [0.15, 0.2) is 23.1 Å². The first-order chi connectivity index (χ1) is 27.5. The van der Waals surface area contributed by atoms with Crippen LogP contribution in [-0.4, -0.2) is 19.9 Å². The van der Waals surface area contributed by atoms with E-state index in [1.54, 1.807) is 0 Å². The normalized spacial score (nSPS) is 13.0. The summed E-state index contributed by atoms with van der Waals surface area (Å²) < 4.78 is 6.48. The Hall–Kier alpha value is -7.24. The molecule has 0 bridgehead atoms. The Morgan fingerprint density at radius 1 is 0.411 bits per heavy atom. The smallest absolute Gasteiger partial charge is 0.164 e. The number of hydrogen-bond donors (Lipinski definition) is 0. The molecule has 0 aliphatic heterocycles. The maximum atomic E-state index is 6.48. The SMILES string of the molecule is CC1(C)c2ccccc2-c2ccc(-c3cccc(-c4nc(-c5ccccc5)nc(-c5ccc(-c6nc7ccccc7c7c6oc6ccccc67)cc5)n4)c3)cc21. The minimum Gasteiger partial charge on any atom is -0.454 e. The van der Waals surface area contributed by atoms with Crippen LogP contribution in [0.1, 0.15) is 25.0 Å². The van der Waals surface area contributed by atoms with Gasteiger partial charge in [-0.25, -0.2) is 19.9 Å². The number of pyridine rings is 1. The quantitative estimate of drug-likeness (QED) is 0.177. The summed E-state index contributed by atoms with van der Waals surface area (Å²) in [5.74, 6) is 1.84. The zero-order valence-corrected chi connectivity index (χ0v) is 30.9. The summed E-state index contributed by atoms with van der Waals surface area (Å²) >= 11 is 0. The molecule has 3 aromatic heterocycles. The van der Waals surface area contributed by atoms with Gasteiger partial charge in [0.25, 0.3) is 0 Å². The summed E-state index contributed by atoms with van der Waals surface area (Å²) in [6.07, 6.45) is 0. The Morgan fingerprint density at radius 3 is 1.80 bits per heavy atom. The average molecular weight is 719 g/mol. The minimum absolute atomic E-state index is 0.0782. The van der Waals surface area contributed by atoms with Crippen molar-refractivity contribution in [1.82, 2.24) is 19.9 Å². The van der Waals surface area contributed by atoms with E-state index in [9.17, 15) is 0 Å². The molecule has 0 radical (unpaired) electrons. The molecule has 0 saturated heterocycles. The van der Waals surface area contributed by atoms with Crippen LogP contribution in [-0.2, 0) is 5.41 Å². The molecule has 1 aliphatic carbocycles. The molecule has 3 heterocycles. The summed E-state index contributed by atoms with van der Waals surface area (Å²) in [5.41, 5.74) is 14.6. The van der Waals surface area contributed by atoms with Crippen LogP contribution < -0.4 is 0 Å². The van der Waals surface area contributed by atoms with Gasteiger partial charge in [0, 0.05) is 43.8 Å². The third-order valence-electron chi connectivity index (χ3n) is 11.3. The van der Waals surface area contributed by atoms with Crippen molar-refractivity contribution in [2.75, 3.05) is 0 Å². The molecule has 0 atom stereocenters. The number of para-hydroxylation sites is 2. The third kappa shape index (κ3) is 5.09. The van der Waals surface area contributed by atoms with E-state index in [0.717, 1.165) is 66.4 Å². The fourth-order valence-corrected chi connectivity index (χ4v) is 8.48. The second-order valence-corrected chi connectivity index (χ2v) is 15.0. The molecular formula is C51H34N4O. The van der Waals surface area contributed by atoms with E-state index >= 15 is 0 Å². The van der Waals surface area contributed by atoms with Crippen molar-refractivity contribution in [3.05, 3.63) is 181 Å². The van der Waals surface area contributed by atoms with Gasteiger partial charge in [-0.3, -0.25) is 0 Å². The molecule has 0 saturated carbocycles. The number of fused-ring (bicyclic) bond motifs is 8. The van der Waals surface area contributed by atoms with Gasteiger partial charge in [-0.05, 0) is 57.6 Å². The van der Waals surface area contributed by atoms with Crippen molar-refractivity contribution in [1.29, 1.82) is 0 Å². The van der Waals surface area contributed by atoms with Crippen molar-refractivity contribution in [2.45, 2.75) is 19.3 Å². The van der Waals surface area contributed by atoms with Crippen molar-refractivity contribution in [3.8, 4) is 67.7 Å². The fraction of sp³-hybridized carbons (Fsp3) is 0.0588. The number of benzene rings is 7.